The molecule has 0 bridgehead atoms. The van der Waals surface area contributed by atoms with Gasteiger partial charge in [-0.25, -0.2) is 0 Å². The molecule has 7 heteroatoms. The molecule has 1 saturated heterocycles. The Labute approximate surface area is 105 Å². The highest BCUT2D eigenvalue weighted by Crippen LogP contribution is 2.39. The van der Waals surface area contributed by atoms with Crippen molar-refractivity contribution < 1.29 is 17.6 Å². The molecule has 2 rings (SSSR count). The summed E-state index contributed by atoms with van der Waals surface area (Å²) in [5.41, 5.74) is 0. The highest BCUT2D eigenvalue weighted by molar-refractivity contribution is 9.10. The summed E-state index contributed by atoms with van der Waals surface area (Å²) in [6, 6.07) is 1.19. The van der Waals surface area contributed by atoms with Crippen molar-refractivity contribution in [3.8, 4) is 0 Å². The minimum atomic E-state index is -4.32. The monoisotopic (exact) mass is 312 g/mol. The van der Waals surface area contributed by atoms with Gasteiger partial charge >= 0.3 is 6.18 Å². The fourth-order valence-corrected chi connectivity index (χ4v) is 2.28. The van der Waals surface area contributed by atoms with Gasteiger partial charge in [0.05, 0.1) is 0 Å². The lowest BCUT2D eigenvalue weighted by Gasteiger charge is -2.34. The van der Waals surface area contributed by atoms with Crippen LogP contribution in [0.15, 0.2) is 21.2 Å². The maximum atomic E-state index is 13.1. The third kappa shape index (κ3) is 3.02. The van der Waals surface area contributed by atoms with E-state index in [2.05, 4.69) is 21.2 Å². The van der Waals surface area contributed by atoms with E-state index in [9.17, 15) is 13.2 Å². The van der Waals surface area contributed by atoms with Gasteiger partial charge in [0.15, 0.2) is 10.7 Å². The van der Waals surface area contributed by atoms with E-state index in [1.54, 1.807) is 0 Å². The number of hydrogen-bond acceptors (Lipinski definition) is 3. The topological polar surface area (TPSA) is 28.4 Å². The van der Waals surface area contributed by atoms with Crippen LogP contribution in [0, 0.1) is 0 Å². The van der Waals surface area contributed by atoms with E-state index in [-0.39, 0.29) is 5.76 Å². The van der Waals surface area contributed by atoms with Gasteiger partial charge in [-0.3, -0.25) is 4.90 Å². The second-order valence-electron chi connectivity index (χ2n) is 3.87. The molecule has 0 unspecified atom stereocenters. The normalized spacial score (nSPS) is 20.5. The molecular formula is C10H12BrF3N2O. The van der Waals surface area contributed by atoms with Crippen molar-refractivity contribution in [1.82, 2.24) is 10.2 Å². The first-order valence-corrected chi connectivity index (χ1v) is 6.04. The Morgan fingerprint density at radius 3 is 2.41 bits per heavy atom. The summed E-state index contributed by atoms with van der Waals surface area (Å²) in [5, 5.41) is 3.03. The van der Waals surface area contributed by atoms with Crippen LogP contribution in [0.1, 0.15) is 11.8 Å². The molecule has 0 aromatic carbocycles. The molecule has 2 heterocycles. The molecular weight excluding hydrogens is 301 g/mol. The molecule has 0 saturated carbocycles. The lowest BCUT2D eigenvalue weighted by Crippen LogP contribution is -2.48. The fourth-order valence-electron chi connectivity index (χ4n) is 1.96. The molecule has 1 aromatic heterocycles. The van der Waals surface area contributed by atoms with Crippen LogP contribution in [0.5, 0.6) is 0 Å². The molecule has 96 valence electrons. The Bertz CT molecular complexity index is 374. The fraction of sp³-hybridized carbons (Fsp3) is 0.600. The van der Waals surface area contributed by atoms with Crippen molar-refractivity contribution in [3.63, 3.8) is 0 Å². The van der Waals surface area contributed by atoms with Crippen LogP contribution in [0.4, 0.5) is 13.2 Å². The first kappa shape index (κ1) is 12.9. The standard InChI is InChI=1S/C10H12BrF3N2O/c11-8-2-1-7(17-8)9(10(12,13)14)16-5-3-15-4-6-16/h1-2,9,15H,3-6H2/t9-/m0/s1. The lowest BCUT2D eigenvalue weighted by atomic mass is 10.1. The summed E-state index contributed by atoms with van der Waals surface area (Å²) in [6.45, 7) is 1.86. The second-order valence-corrected chi connectivity index (χ2v) is 4.65. The number of halogens is 4. The molecule has 1 fully saturated rings. The van der Waals surface area contributed by atoms with Gasteiger partial charge in [-0.15, -0.1) is 0 Å². The van der Waals surface area contributed by atoms with Crippen LogP contribution < -0.4 is 5.32 Å². The van der Waals surface area contributed by atoms with Gasteiger partial charge in [0.25, 0.3) is 0 Å². The van der Waals surface area contributed by atoms with Crippen LogP contribution in [0.25, 0.3) is 0 Å². The van der Waals surface area contributed by atoms with Crippen molar-refractivity contribution in [2.24, 2.45) is 0 Å². The maximum absolute atomic E-state index is 13.1. The largest absolute Gasteiger partial charge is 0.452 e. The van der Waals surface area contributed by atoms with Crippen molar-refractivity contribution in [1.29, 1.82) is 0 Å². The number of hydrogen-bond donors (Lipinski definition) is 1. The predicted molar refractivity (Wildman–Crippen MR) is 59.6 cm³/mol. The molecule has 3 nitrogen and oxygen atoms in total. The number of rotatable bonds is 2. The van der Waals surface area contributed by atoms with Gasteiger partial charge in [-0.05, 0) is 28.1 Å². The highest BCUT2D eigenvalue weighted by Gasteiger charge is 2.46. The Morgan fingerprint density at radius 1 is 1.29 bits per heavy atom. The molecule has 1 aromatic rings. The Kier molecular flexibility index (Phi) is 3.79. The van der Waals surface area contributed by atoms with E-state index < -0.39 is 12.2 Å². The molecule has 0 spiro atoms. The van der Waals surface area contributed by atoms with Gasteiger partial charge in [-0.2, -0.15) is 13.2 Å². The van der Waals surface area contributed by atoms with E-state index in [0.717, 1.165) is 0 Å². The van der Waals surface area contributed by atoms with Crippen LogP contribution in [-0.2, 0) is 0 Å². The molecule has 1 aliphatic heterocycles. The summed E-state index contributed by atoms with van der Waals surface area (Å²) in [7, 11) is 0. The van der Waals surface area contributed by atoms with Gasteiger partial charge in [0, 0.05) is 26.2 Å². The summed E-state index contributed by atoms with van der Waals surface area (Å²) in [4.78, 5) is 1.39. The van der Waals surface area contributed by atoms with E-state index in [1.165, 1.54) is 17.0 Å². The number of nitrogens with one attached hydrogen (secondary N) is 1. The van der Waals surface area contributed by atoms with Crippen LogP contribution in [-0.4, -0.2) is 37.3 Å². The quantitative estimate of drug-likeness (QED) is 0.909. The molecule has 0 amide bonds. The Hall–Kier alpha value is -0.530. The summed E-state index contributed by atoms with van der Waals surface area (Å²) >= 11 is 3.03. The Balaban J connectivity index is 2.24. The molecule has 0 radical (unpaired) electrons. The molecule has 1 aliphatic rings. The van der Waals surface area contributed by atoms with Crippen molar-refractivity contribution in [2.45, 2.75) is 12.2 Å². The summed E-state index contributed by atoms with van der Waals surface area (Å²) in [5.74, 6) is -0.0636. The SMILES string of the molecule is FC(F)(F)[C@H](c1ccc(Br)o1)N1CCNCC1. The van der Waals surface area contributed by atoms with E-state index in [4.69, 9.17) is 4.42 Å². The van der Waals surface area contributed by atoms with Crippen LogP contribution in [0.3, 0.4) is 0 Å². The van der Waals surface area contributed by atoms with Gasteiger partial charge in [0.1, 0.15) is 5.76 Å². The van der Waals surface area contributed by atoms with Gasteiger partial charge in [-0.1, -0.05) is 0 Å². The first-order chi connectivity index (χ1) is 7.98. The number of piperazine rings is 1. The molecule has 1 N–H and O–H groups in total. The molecule has 17 heavy (non-hydrogen) atoms. The van der Waals surface area contributed by atoms with E-state index in [1.807, 2.05) is 0 Å². The number of alkyl halides is 3. The summed E-state index contributed by atoms with van der Waals surface area (Å²) in [6.07, 6.45) is -4.32. The zero-order chi connectivity index (χ0) is 12.5. The van der Waals surface area contributed by atoms with E-state index >= 15 is 0 Å². The van der Waals surface area contributed by atoms with Gasteiger partial charge in [0.2, 0.25) is 0 Å². The summed E-state index contributed by atoms with van der Waals surface area (Å²) < 4.78 is 44.6. The van der Waals surface area contributed by atoms with Crippen LogP contribution >= 0.6 is 15.9 Å². The smallest absolute Gasteiger partial charge is 0.411 e. The predicted octanol–water partition coefficient (Wildman–Crippen LogP) is 2.55. The number of furan rings is 1. The third-order valence-electron chi connectivity index (χ3n) is 2.69. The van der Waals surface area contributed by atoms with Crippen molar-refractivity contribution in [3.05, 3.63) is 22.6 Å². The van der Waals surface area contributed by atoms with Gasteiger partial charge < -0.3 is 9.73 Å². The Morgan fingerprint density at radius 2 is 1.94 bits per heavy atom. The first-order valence-electron chi connectivity index (χ1n) is 5.25. The second kappa shape index (κ2) is 4.99. The van der Waals surface area contributed by atoms with Crippen LogP contribution in [0.2, 0.25) is 0 Å². The number of nitrogens with zero attached hydrogens (tertiary/aromatic N) is 1. The van der Waals surface area contributed by atoms with Crippen molar-refractivity contribution in [2.75, 3.05) is 26.2 Å². The minimum absolute atomic E-state index is 0.0636. The molecule has 1 atom stereocenters. The van der Waals surface area contributed by atoms with E-state index in [0.29, 0.717) is 30.8 Å². The molecule has 0 aliphatic carbocycles. The van der Waals surface area contributed by atoms with Crippen molar-refractivity contribution >= 4 is 15.9 Å². The minimum Gasteiger partial charge on any atom is -0.452 e. The highest BCUT2D eigenvalue weighted by atomic mass is 79.9. The third-order valence-corrected chi connectivity index (χ3v) is 3.12. The zero-order valence-electron chi connectivity index (χ0n) is 8.93. The maximum Gasteiger partial charge on any atom is 0.411 e. The average Bonchev–Trinajstić information content (AvgIpc) is 2.64. The lowest BCUT2D eigenvalue weighted by molar-refractivity contribution is -0.192. The average molecular weight is 313 g/mol. The zero-order valence-corrected chi connectivity index (χ0v) is 10.5.